The third kappa shape index (κ3) is 2.71. The molecule has 1 fully saturated rings. The number of fused-ring (bicyclic) bond motifs is 3. The van der Waals surface area contributed by atoms with Crippen molar-refractivity contribution in [3.05, 3.63) is 23.3 Å². The number of benzene rings is 1. The van der Waals surface area contributed by atoms with Crippen LogP contribution in [0.15, 0.2) is 22.0 Å². The van der Waals surface area contributed by atoms with Crippen LogP contribution in [0, 0.1) is 0 Å². The smallest absolute Gasteiger partial charge is 0.526 e. The maximum Gasteiger partial charge on any atom is 0.526 e. The van der Waals surface area contributed by atoms with Gasteiger partial charge in [-0.15, -0.1) is 11.8 Å². The maximum atomic E-state index is 11.8. The van der Waals surface area contributed by atoms with Gasteiger partial charge < -0.3 is 25.8 Å². The number of guanidine groups is 1. The van der Waals surface area contributed by atoms with Gasteiger partial charge in [-0.25, -0.2) is 4.79 Å². The van der Waals surface area contributed by atoms with Crippen LogP contribution in [-0.4, -0.2) is 47.5 Å². The first kappa shape index (κ1) is 15.7. The molecule has 7 nitrogen and oxygen atoms in total. The van der Waals surface area contributed by atoms with Crippen molar-refractivity contribution in [1.82, 2.24) is 5.32 Å². The van der Waals surface area contributed by atoms with Crippen molar-refractivity contribution in [2.24, 2.45) is 10.7 Å². The fraction of sp³-hybridized carbons (Fsp3) is 0.467. The molecule has 0 saturated heterocycles. The van der Waals surface area contributed by atoms with Crippen molar-refractivity contribution < 1.29 is 19.6 Å². The van der Waals surface area contributed by atoms with E-state index in [-0.39, 0.29) is 23.3 Å². The van der Waals surface area contributed by atoms with E-state index in [1.807, 2.05) is 12.1 Å². The lowest BCUT2D eigenvalue weighted by atomic mass is 9.77. The largest absolute Gasteiger partial charge is 0.535 e. The fourth-order valence-corrected chi connectivity index (χ4v) is 4.51. The Morgan fingerprint density at radius 3 is 3.08 bits per heavy atom. The topological polar surface area (TPSA) is 117 Å². The van der Waals surface area contributed by atoms with E-state index >= 15 is 0 Å². The Kier molecular flexibility index (Phi) is 3.84. The molecule has 1 aliphatic carbocycles. The molecule has 24 heavy (non-hydrogen) atoms. The Bertz CT molecular complexity index is 729. The van der Waals surface area contributed by atoms with E-state index in [0.29, 0.717) is 23.1 Å². The van der Waals surface area contributed by atoms with E-state index in [0.717, 1.165) is 24.2 Å². The summed E-state index contributed by atoms with van der Waals surface area (Å²) < 4.78 is 5.53. The number of rotatable bonds is 5. The van der Waals surface area contributed by atoms with Crippen molar-refractivity contribution in [2.75, 3.05) is 12.3 Å². The second-order valence-corrected chi connectivity index (χ2v) is 7.52. The van der Waals surface area contributed by atoms with Crippen molar-refractivity contribution in [3.8, 4) is 5.75 Å². The van der Waals surface area contributed by atoms with Gasteiger partial charge in [0.15, 0.2) is 5.96 Å². The van der Waals surface area contributed by atoms with Crippen LogP contribution in [-0.2, 0) is 0 Å². The Morgan fingerprint density at radius 2 is 2.38 bits per heavy atom. The predicted octanol–water partition coefficient (Wildman–Crippen LogP) is 0.884. The summed E-state index contributed by atoms with van der Waals surface area (Å²) in [5.74, 6) is 0.859. The zero-order chi connectivity index (χ0) is 16.8. The van der Waals surface area contributed by atoms with Crippen LogP contribution in [0.25, 0.3) is 0 Å². The number of thioether (sulfide) groups is 1. The highest BCUT2D eigenvalue weighted by Gasteiger charge is 2.54. The Labute approximate surface area is 143 Å². The summed E-state index contributed by atoms with van der Waals surface area (Å²) >= 11 is 1.48. The molecule has 2 aliphatic heterocycles. The summed E-state index contributed by atoms with van der Waals surface area (Å²) in [6.07, 6.45) is 1.69. The van der Waals surface area contributed by atoms with Gasteiger partial charge in [-0.1, -0.05) is 6.07 Å². The van der Waals surface area contributed by atoms with Crippen LogP contribution in [0.4, 0.5) is 0 Å². The maximum absolute atomic E-state index is 11.8. The van der Waals surface area contributed by atoms with Gasteiger partial charge in [-0.2, -0.15) is 0 Å². The molecule has 9 heteroatoms. The van der Waals surface area contributed by atoms with Gasteiger partial charge in [-0.05, 0) is 30.4 Å². The standard InChI is InChI=1S/C15H18BN3O4S/c17-15-18-6-7(19-15)3-4-24-11-2-1-8-9-5-10(9)16(22)23-13(8)12(11)14(20)21/h1-2,7,9-10,22H,3-6H2,(H,20,21)(H3,17,18,19). The number of nitrogens with two attached hydrogens (primary N) is 1. The average Bonchev–Trinajstić information content (AvgIpc) is 3.24. The fourth-order valence-electron chi connectivity index (χ4n) is 3.40. The number of carboxylic acids is 1. The SMILES string of the molecule is NC1=NCC(CCSc2ccc3c(c2C(=O)O)OB(O)C2CC32)N1. The molecule has 1 saturated carbocycles. The average molecular weight is 347 g/mol. The van der Waals surface area contributed by atoms with Gasteiger partial charge in [-0.3, -0.25) is 4.99 Å². The molecule has 0 aromatic heterocycles. The molecule has 1 aromatic rings. The van der Waals surface area contributed by atoms with Crippen LogP contribution in [0.5, 0.6) is 5.75 Å². The van der Waals surface area contributed by atoms with Gasteiger partial charge in [0.25, 0.3) is 0 Å². The van der Waals surface area contributed by atoms with Gasteiger partial charge in [0.2, 0.25) is 0 Å². The minimum absolute atomic E-state index is 0.108. The molecule has 0 spiro atoms. The molecule has 3 unspecified atom stereocenters. The van der Waals surface area contributed by atoms with E-state index in [1.54, 1.807) is 0 Å². The predicted molar refractivity (Wildman–Crippen MR) is 91.9 cm³/mol. The lowest BCUT2D eigenvalue weighted by Crippen LogP contribution is -2.35. The summed E-state index contributed by atoms with van der Waals surface area (Å²) in [4.78, 5) is 16.5. The van der Waals surface area contributed by atoms with E-state index in [9.17, 15) is 14.9 Å². The third-order valence-electron chi connectivity index (χ3n) is 4.77. The molecule has 5 N–H and O–H groups in total. The number of aromatic carboxylic acids is 1. The first-order chi connectivity index (χ1) is 11.5. The van der Waals surface area contributed by atoms with Gasteiger partial charge in [0.1, 0.15) is 11.3 Å². The molecular weight excluding hydrogens is 329 g/mol. The van der Waals surface area contributed by atoms with Crippen LogP contribution < -0.4 is 15.7 Å². The second kappa shape index (κ2) is 5.89. The van der Waals surface area contributed by atoms with Crippen molar-refractivity contribution in [2.45, 2.75) is 35.5 Å². The molecule has 0 bridgehead atoms. The Morgan fingerprint density at radius 1 is 1.54 bits per heavy atom. The molecule has 0 radical (unpaired) electrons. The normalized spacial score (nSPS) is 26.8. The highest BCUT2D eigenvalue weighted by atomic mass is 32.2. The van der Waals surface area contributed by atoms with Gasteiger partial charge >= 0.3 is 13.1 Å². The van der Waals surface area contributed by atoms with E-state index < -0.39 is 13.1 Å². The molecule has 3 aliphatic rings. The number of nitrogens with zero attached hydrogens (tertiary/aromatic N) is 1. The quantitative estimate of drug-likeness (QED) is 0.461. The number of nitrogens with one attached hydrogen (secondary N) is 1. The molecule has 2 heterocycles. The molecule has 0 amide bonds. The molecule has 4 rings (SSSR count). The first-order valence-electron chi connectivity index (χ1n) is 7.98. The zero-order valence-electron chi connectivity index (χ0n) is 12.9. The molecular formula is C15H18BN3O4S. The summed E-state index contributed by atoms with van der Waals surface area (Å²) in [5.41, 5.74) is 6.66. The molecule has 3 atom stereocenters. The van der Waals surface area contributed by atoms with Crippen molar-refractivity contribution in [3.63, 3.8) is 0 Å². The number of aliphatic imine (C=N–C) groups is 1. The molecule has 126 valence electrons. The Hall–Kier alpha value is -1.87. The Balaban J connectivity index is 1.51. The lowest BCUT2D eigenvalue weighted by molar-refractivity contribution is 0.0690. The number of hydrogen-bond acceptors (Lipinski definition) is 7. The minimum atomic E-state index is -1.02. The summed E-state index contributed by atoms with van der Waals surface area (Å²) in [6.45, 7) is 0.654. The third-order valence-corrected chi connectivity index (χ3v) is 5.86. The van der Waals surface area contributed by atoms with Crippen LogP contribution in [0.2, 0.25) is 5.82 Å². The van der Waals surface area contributed by atoms with Crippen molar-refractivity contribution in [1.29, 1.82) is 0 Å². The highest BCUT2D eigenvalue weighted by Crippen LogP contribution is 2.60. The van der Waals surface area contributed by atoms with Crippen LogP contribution in [0.3, 0.4) is 0 Å². The number of hydrogen-bond donors (Lipinski definition) is 4. The minimum Gasteiger partial charge on any atom is -0.535 e. The highest BCUT2D eigenvalue weighted by molar-refractivity contribution is 7.99. The van der Waals surface area contributed by atoms with Gasteiger partial charge in [0, 0.05) is 22.5 Å². The van der Waals surface area contributed by atoms with E-state index in [2.05, 4.69) is 10.3 Å². The second-order valence-electron chi connectivity index (χ2n) is 6.38. The van der Waals surface area contributed by atoms with Crippen LogP contribution in [0.1, 0.15) is 34.7 Å². The summed E-state index contributed by atoms with van der Waals surface area (Å²) in [7, 11) is -0.899. The summed E-state index contributed by atoms with van der Waals surface area (Å²) in [6, 6.07) is 4.00. The number of carboxylic acid groups (broad SMARTS) is 1. The van der Waals surface area contributed by atoms with E-state index in [4.69, 9.17) is 10.4 Å². The summed E-state index contributed by atoms with van der Waals surface area (Å²) in [5, 5.41) is 22.7. The van der Waals surface area contributed by atoms with Gasteiger partial charge in [0.05, 0.1) is 6.54 Å². The van der Waals surface area contributed by atoms with Crippen LogP contribution >= 0.6 is 11.8 Å². The van der Waals surface area contributed by atoms with E-state index in [1.165, 1.54) is 11.8 Å². The van der Waals surface area contributed by atoms with Crippen molar-refractivity contribution >= 4 is 30.8 Å². The lowest BCUT2D eigenvalue weighted by Gasteiger charge is -2.22. The number of carbonyl (C=O) groups is 1. The first-order valence-corrected chi connectivity index (χ1v) is 8.97. The zero-order valence-corrected chi connectivity index (χ0v) is 13.8. The monoisotopic (exact) mass is 347 g/mol. The molecule has 1 aromatic carbocycles.